The minimum absolute atomic E-state index is 0.0815. The highest BCUT2D eigenvalue weighted by Gasteiger charge is 2.19. The number of nitrogens with two attached hydrogens (primary N) is 2. The minimum atomic E-state index is 0.0815. The van der Waals surface area contributed by atoms with Crippen LogP contribution in [0.3, 0.4) is 0 Å². The highest BCUT2D eigenvalue weighted by atomic mass is 16.5. The first-order chi connectivity index (χ1) is 7.72. The summed E-state index contributed by atoms with van der Waals surface area (Å²) in [7, 11) is 0. The van der Waals surface area contributed by atoms with Crippen molar-refractivity contribution in [2.75, 3.05) is 42.7 Å². The molecule has 7 heteroatoms. The van der Waals surface area contributed by atoms with Crippen LogP contribution >= 0.6 is 0 Å². The second-order valence-corrected chi connectivity index (χ2v) is 3.38. The van der Waals surface area contributed by atoms with Gasteiger partial charge in [0, 0.05) is 13.1 Å². The van der Waals surface area contributed by atoms with Gasteiger partial charge in [0.05, 0.1) is 13.2 Å². The Labute approximate surface area is 92.6 Å². The number of rotatable bonds is 1. The molecule has 1 aromatic rings. The van der Waals surface area contributed by atoms with Crippen LogP contribution in [0.15, 0.2) is 0 Å². The Bertz CT molecular complexity index is 434. The number of anilines is 3. The number of nitriles is 1. The molecule has 7 nitrogen and oxygen atoms in total. The molecule has 0 unspecified atom stereocenters. The molecule has 2 rings (SSSR count). The van der Waals surface area contributed by atoms with Crippen LogP contribution in [0.1, 0.15) is 5.56 Å². The van der Waals surface area contributed by atoms with Crippen molar-refractivity contribution in [3.8, 4) is 6.07 Å². The molecule has 1 aliphatic rings. The van der Waals surface area contributed by atoms with Crippen molar-refractivity contribution >= 4 is 17.6 Å². The maximum atomic E-state index is 9.01. The molecule has 0 atom stereocenters. The molecule has 0 spiro atoms. The number of aromatic nitrogens is 2. The SMILES string of the molecule is N#Cc1c(N)nc(N)nc1N1CCOCC1. The van der Waals surface area contributed by atoms with E-state index in [1.807, 2.05) is 11.0 Å². The number of ether oxygens (including phenoxy) is 1. The Morgan fingerprint density at radius 1 is 1.25 bits per heavy atom. The number of nitrogen functional groups attached to an aromatic ring is 2. The number of hydrogen-bond acceptors (Lipinski definition) is 7. The van der Waals surface area contributed by atoms with E-state index in [4.69, 9.17) is 21.5 Å². The zero-order valence-electron chi connectivity index (χ0n) is 8.68. The molecule has 0 aromatic carbocycles. The highest BCUT2D eigenvalue weighted by Crippen LogP contribution is 2.23. The van der Waals surface area contributed by atoms with Gasteiger partial charge in [-0.25, -0.2) is 0 Å². The molecule has 1 saturated heterocycles. The standard InChI is InChI=1S/C9H12N6O/c10-5-6-7(11)13-9(12)14-8(6)15-1-3-16-4-2-15/h1-4H2,(H4,11,12,13,14). The molecule has 0 amide bonds. The molecule has 16 heavy (non-hydrogen) atoms. The van der Waals surface area contributed by atoms with E-state index in [2.05, 4.69) is 9.97 Å². The molecule has 1 fully saturated rings. The third-order valence-electron chi connectivity index (χ3n) is 2.36. The Balaban J connectivity index is 2.42. The van der Waals surface area contributed by atoms with Gasteiger partial charge in [0.1, 0.15) is 17.5 Å². The van der Waals surface area contributed by atoms with E-state index in [-0.39, 0.29) is 17.3 Å². The molecule has 0 radical (unpaired) electrons. The van der Waals surface area contributed by atoms with Gasteiger partial charge in [0.15, 0.2) is 5.82 Å². The Morgan fingerprint density at radius 2 is 1.94 bits per heavy atom. The first-order valence-corrected chi connectivity index (χ1v) is 4.88. The summed E-state index contributed by atoms with van der Waals surface area (Å²) in [5.41, 5.74) is 11.4. The summed E-state index contributed by atoms with van der Waals surface area (Å²) >= 11 is 0. The van der Waals surface area contributed by atoms with E-state index >= 15 is 0 Å². The quantitative estimate of drug-likeness (QED) is 0.646. The zero-order valence-corrected chi connectivity index (χ0v) is 8.68. The van der Waals surface area contributed by atoms with Crippen LogP contribution in [0.25, 0.3) is 0 Å². The molecule has 1 aromatic heterocycles. The fourth-order valence-electron chi connectivity index (χ4n) is 1.59. The Hall–Kier alpha value is -2.07. The third kappa shape index (κ3) is 1.83. The second kappa shape index (κ2) is 4.20. The van der Waals surface area contributed by atoms with E-state index in [1.165, 1.54) is 0 Å². The monoisotopic (exact) mass is 220 g/mol. The lowest BCUT2D eigenvalue weighted by atomic mass is 10.2. The predicted molar refractivity (Wildman–Crippen MR) is 58.6 cm³/mol. The van der Waals surface area contributed by atoms with Gasteiger partial charge in [0.2, 0.25) is 5.95 Å². The lowest BCUT2D eigenvalue weighted by Crippen LogP contribution is -2.37. The summed E-state index contributed by atoms with van der Waals surface area (Å²) in [4.78, 5) is 9.75. The third-order valence-corrected chi connectivity index (χ3v) is 2.36. The van der Waals surface area contributed by atoms with Crippen LogP contribution in [-0.4, -0.2) is 36.3 Å². The summed E-state index contributed by atoms with van der Waals surface area (Å²) in [6, 6.07) is 2.00. The molecule has 0 aliphatic carbocycles. The van der Waals surface area contributed by atoms with Gasteiger partial charge >= 0.3 is 0 Å². The smallest absolute Gasteiger partial charge is 0.224 e. The summed E-state index contributed by atoms with van der Waals surface area (Å²) in [6.45, 7) is 2.55. The van der Waals surface area contributed by atoms with Gasteiger partial charge in [-0.1, -0.05) is 0 Å². The van der Waals surface area contributed by atoms with E-state index in [0.29, 0.717) is 32.1 Å². The van der Waals surface area contributed by atoms with Gasteiger partial charge in [-0.15, -0.1) is 0 Å². The van der Waals surface area contributed by atoms with Gasteiger partial charge < -0.3 is 21.1 Å². The number of morpholine rings is 1. The highest BCUT2D eigenvalue weighted by molar-refractivity contribution is 5.65. The normalized spacial score (nSPS) is 15.8. The van der Waals surface area contributed by atoms with E-state index in [0.717, 1.165) is 0 Å². The first kappa shape index (κ1) is 10.4. The summed E-state index contributed by atoms with van der Waals surface area (Å²) in [5, 5.41) is 9.01. The maximum absolute atomic E-state index is 9.01. The van der Waals surface area contributed by atoms with Crippen molar-refractivity contribution in [3.63, 3.8) is 0 Å². The van der Waals surface area contributed by atoms with Gasteiger partial charge in [0.25, 0.3) is 0 Å². The zero-order chi connectivity index (χ0) is 11.5. The lowest BCUT2D eigenvalue weighted by molar-refractivity contribution is 0.122. The Morgan fingerprint density at radius 3 is 2.56 bits per heavy atom. The van der Waals surface area contributed by atoms with Crippen LogP contribution in [0.2, 0.25) is 0 Å². The summed E-state index contributed by atoms with van der Waals surface area (Å²) < 4.78 is 5.22. The minimum Gasteiger partial charge on any atom is -0.382 e. The molecule has 2 heterocycles. The van der Waals surface area contributed by atoms with Crippen molar-refractivity contribution in [1.29, 1.82) is 5.26 Å². The van der Waals surface area contributed by atoms with Crippen molar-refractivity contribution in [1.82, 2.24) is 9.97 Å². The van der Waals surface area contributed by atoms with Gasteiger partial charge in [-0.3, -0.25) is 0 Å². The van der Waals surface area contributed by atoms with Crippen molar-refractivity contribution in [2.45, 2.75) is 0 Å². The summed E-state index contributed by atoms with van der Waals surface area (Å²) in [5.74, 6) is 0.699. The molecular formula is C9H12N6O. The van der Waals surface area contributed by atoms with E-state index in [9.17, 15) is 0 Å². The van der Waals surface area contributed by atoms with E-state index in [1.54, 1.807) is 0 Å². The Kier molecular flexibility index (Phi) is 2.74. The fourth-order valence-corrected chi connectivity index (χ4v) is 1.59. The topological polar surface area (TPSA) is 114 Å². The maximum Gasteiger partial charge on any atom is 0.224 e. The van der Waals surface area contributed by atoms with Crippen LogP contribution in [0.4, 0.5) is 17.6 Å². The molecule has 1 aliphatic heterocycles. The van der Waals surface area contributed by atoms with Gasteiger partial charge in [-0.05, 0) is 0 Å². The largest absolute Gasteiger partial charge is 0.382 e. The molecule has 84 valence electrons. The molecule has 4 N–H and O–H groups in total. The van der Waals surface area contributed by atoms with Crippen molar-refractivity contribution < 1.29 is 4.74 Å². The summed E-state index contributed by atoms with van der Waals surface area (Å²) in [6.07, 6.45) is 0. The van der Waals surface area contributed by atoms with Gasteiger partial charge in [-0.2, -0.15) is 15.2 Å². The van der Waals surface area contributed by atoms with Crippen LogP contribution in [0.5, 0.6) is 0 Å². The van der Waals surface area contributed by atoms with Crippen LogP contribution in [-0.2, 0) is 4.74 Å². The number of hydrogen-bond donors (Lipinski definition) is 2. The molecular weight excluding hydrogens is 208 g/mol. The average molecular weight is 220 g/mol. The van der Waals surface area contributed by atoms with E-state index < -0.39 is 0 Å². The average Bonchev–Trinajstić information content (AvgIpc) is 2.29. The molecule has 0 saturated carbocycles. The fraction of sp³-hybridized carbons (Fsp3) is 0.444. The van der Waals surface area contributed by atoms with Crippen LogP contribution in [0, 0.1) is 11.3 Å². The first-order valence-electron chi connectivity index (χ1n) is 4.88. The van der Waals surface area contributed by atoms with Crippen LogP contribution < -0.4 is 16.4 Å². The lowest BCUT2D eigenvalue weighted by Gasteiger charge is -2.28. The predicted octanol–water partition coefficient (Wildman–Crippen LogP) is -0.651. The van der Waals surface area contributed by atoms with Crippen molar-refractivity contribution in [3.05, 3.63) is 5.56 Å². The second-order valence-electron chi connectivity index (χ2n) is 3.38. The number of nitrogens with zero attached hydrogens (tertiary/aromatic N) is 4. The van der Waals surface area contributed by atoms with Crippen molar-refractivity contribution in [2.24, 2.45) is 0 Å². The molecule has 0 bridgehead atoms.